The minimum Gasteiger partial charge on any atom is -0.376 e. The lowest BCUT2D eigenvalue weighted by Crippen LogP contribution is -2.35. The summed E-state index contributed by atoms with van der Waals surface area (Å²) < 4.78 is 40.0. The standard InChI is InChI=1S/C17H20F3N5O/c1-24-15(5-6-23-24)13-9-25(10-14(13)21)16(26)8-22-12-4-2-3-11(7-12)17(18,19)20/h2-7,13-14,22H,8-10,21H2,1H3/t13-,14-/m1/s1. The SMILES string of the molecule is Cn1nccc1[C@@H]1CN(C(=O)CNc2cccc(C(F)(F)F)c2)C[C@H]1N. The van der Waals surface area contributed by atoms with Crippen molar-refractivity contribution in [2.75, 3.05) is 25.0 Å². The molecular weight excluding hydrogens is 347 g/mol. The number of nitrogens with two attached hydrogens (primary N) is 1. The number of likely N-dealkylation sites (tertiary alicyclic amines) is 1. The summed E-state index contributed by atoms with van der Waals surface area (Å²) in [6, 6.07) is 6.45. The second-order valence-electron chi connectivity index (χ2n) is 6.38. The molecule has 3 N–H and O–H groups in total. The van der Waals surface area contributed by atoms with Gasteiger partial charge in [0.2, 0.25) is 5.91 Å². The van der Waals surface area contributed by atoms with Gasteiger partial charge in [0.25, 0.3) is 0 Å². The van der Waals surface area contributed by atoms with Crippen LogP contribution >= 0.6 is 0 Å². The van der Waals surface area contributed by atoms with Crippen LogP contribution in [0.2, 0.25) is 0 Å². The summed E-state index contributed by atoms with van der Waals surface area (Å²) >= 11 is 0. The Bertz CT molecular complexity index is 789. The van der Waals surface area contributed by atoms with Gasteiger partial charge in [-0.05, 0) is 24.3 Å². The van der Waals surface area contributed by atoms with Crippen LogP contribution in [-0.4, -0.2) is 46.3 Å². The van der Waals surface area contributed by atoms with Crippen molar-refractivity contribution in [3.63, 3.8) is 0 Å². The molecule has 0 spiro atoms. The number of benzene rings is 1. The lowest BCUT2D eigenvalue weighted by atomic mass is 10.0. The number of rotatable bonds is 4. The van der Waals surface area contributed by atoms with Crippen molar-refractivity contribution < 1.29 is 18.0 Å². The Kier molecular flexibility index (Phi) is 4.90. The van der Waals surface area contributed by atoms with Gasteiger partial charge < -0.3 is 16.0 Å². The Labute approximate surface area is 148 Å². The number of nitrogens with zero attached hydrogens (tertiary/aromatic N) is 3. The van der Waals surface area contributed by atoms with E-state index in [1.807, 2.05) is 13.1 Å². The van der Waals surface area contributed by atoms with Crippen LogP contribution in [0, 0.1) is 0 Å². The highest BCUT2D eigenvalue weighted by Gasteiger charge is 2.35. The van der Waals surface area contributed by atoms with Gasteiger partial charge in [0, 0.05) is 49.7 Å². The Balaban J connectivity index is 1.60. The van der Waals surface area contributed by atoms with Gasteiger partial charge in [-0.2, -0.15) is 18.3 Å². The Morgan fingerprint density at radius 3 is 2.77 bits per heavy atom. The van der Waals surface area contributed by atoms with E-state index in [1.165, 1.54) is 12.1 Å². The summed E-state index contributed by atoms with van der Waals surface area (Å²) in [5.74, 6) is -0.220. The van der Waals surface area contributed by atoms with Crippen molar-refractivity contribution >= 4 is 11.6 Å². The normalized spacial score (nSPS) is 20.4. The molecule has 3 rings (SSSR count). The molecule has 0 bridgehead atoms. The largest absolute Gasteiger partial charge is 0.416 e. The van der Waals surface area contributed by atoms with Crippen LogP contribution in [0.4, 0.5) is 18.9 Å². The maximum atomic E-state index is 12.7. The summed E-state index contributed by atoms with van der Waals surface area (Å²) in [5, 5.41) is 6.88. The number of amides is 1. The number of carbonyl (C=O) groups excluding carboxylic acids is 1. The molecule has 1 amide bonds. The smallest absolute Gasteiger partial charge is 0.376 e. The molecule has 2 heterocycles. The van der Waals surface area contributed by atoms with Gasteiger partial charge in [-0.3, -0.25) is 9.48 Å². The first-order valence-corrected chi connectivity index (χ1v) is 8.18. The number of hydrogen-bond donors (Lipinski definition) is 2. The molecular formula is C17H20F3N5O. The molecule has 0 unspecified atom stereocenters. The molecule has 0 saturated carbocycles. The van der Waals surface area contributed by atoms with Crippen molar-refractivity contribution in [3.8, 4) is 0 Å². The zero-order valence-corrected chi connectivity index (χ0v) is 14.2. The predicted octanol–water partition coefficient (Wildman–Crippen LogP) is 1.80. The lowest BCUT2D eigenvalue weighted by molar-refractivity contribution is -0.137. The lowest BCUT2D eigenvalue weighted by Gasteiger charge is -2.17. The average Bonchev–Trinajstić information content (AvgIpc) is 3.17. The van der Waals surface area contributed by atoms with Crippen molar-refractivity contribution in [3.05, 3.63) is 47.8 Å². The molecule has 140 valence electrons. The number of nitrogens with one attached hydrogen (secondary N) is 1. The first kappa shape index (κ1) is 18.2. The van der Waals surface area contributed by atoms with Gasteiger partial charge in [-0.25, -0.2) is 0 Å². The third kappa shape index (κ3) is 3.82. The maximum Gasteiger partial charge on any atom is 0.416 e. The predicted molar refractivity (Wildman–Crippen MR) is 90.4 cm³/mol. The zero-order chi connectivity index (χ0) is 18.9. The molecule has 1 saturated heterocycles. The monoisotopic (exact) mass is 367 g/mol. The summed E-state index contributed by atoms with van der Waals surface area (Å²) in [6.07, 6.45) is -2.73. The van der Waals surface area contributed by atoms with E-state index >= 15 is 0 Å². The highest BCUT2D eigenvalue weighted by Crippen LogP contribution is 2.30. The van der Waals surface area contributed by atoms with E-state index in [-0.39, 0.29) is 30.1 Å². The van der Waals surface area contributed by atoms with E-state index in [0.29, 0.717) is 13.1 Å². The van der Waals surface area contributed by atoms with Crippen LogP contribution < -0.4 is 11.1 Å². The van der Waals surface area contributed by atoms with Gasteiger partial charge in [0.05, 0.1) is 12.1 Å². The van der Waals surface area contributed by atoms with Crippen LogP contribution in [0.3, 0.4) is 0 Å². The van der Waals surface area contributed by atoms with E-state index < -0.39 is 11.7 Å². The molecule has 1 aliphatic rings. The second-order valence-corrected chi connectivity index (χ2v) is 6.38. The Morgan fingerprint density at radius 1 is 1.35 bits per heavy atom. The number of anilines is 1. The van der Waals surface area contributed by atoms with E-state index in [9.17, 15) is 18.0 Å². The van der Waals surface area contributed by atoms with Gasteiger partial charge in [-0.1, -0.05) is 6.07 Å². The number of alkyl halides is 3. The van der Waals surface area contributed by atoms with Crippen LogP contribution in [0.25, 0.3) is 0 Å². The molecule has 2 aromatic rings. The van der Waals surface area contributed by atoms with Gasteiger partial charge in [-0.15, -0.1) is 0 Å². The molecule has 1 aromatic carbocycles. The Morgan fingerprint density at radius 2 is 2.12 bits per heavy atom. The average molecular weight is 367 g/mol. The van der Waals surface area contributed by atoms with Gasteiger partial charge in [0.15, 0.2) is 0 Å². The number of aromatic nitrogens is 2. The fourth-order valence-electron chi connectivity index (χ4n) is 3.19. The molecule has 6 nitrogen and oxygen atoms in total. The molecule has 9 heteroatoms. The third-order valence-corrected chi connectivity index (χ3v) is 4.59. The van der Waals surface area contributed by atoms with E-state index in [0.717, 1.165) is 17.8 Å². The van der Waals surface area contributed by atoms with Crippen molar-refractivity contribution in [1.29, 1.82) is 0 Å². The van der Waals surface area contributed by atoms with Crippen LogP contribution in [-0.2, 0) is 18.0 Å². The van der Waals surface area contributed by atoms with Gasteiger partial charge in [0.1, 0.15) is 0 Å². The third-order valence-electron chi connectivity index (χ3n) is 4.59. The van der Waals surface area contributed by atoms with Crippen LogP contribution in [0.15, 0.2) is 36.5 Å². The summed E-state index contributed by atoms with van der Waals surface area (Å²) in [5.41, 5.74) is 6.61. The number of halogens is 3. The minimum absolute atomic E-state index is 0.0139. The highest BCUT2D eigenvalue weighted by atomic mass is 19.4. The quantitative estimate of drug-likeness (QED) is 0.864. The van der Waals surface area contributed by atoms with E-state index in [4.69, 9.17) is 5.73 Å². The summed E-state index contributed by atoms with van der Waals surface area (Å²) in [4.78, 5) is 14.0. The first-order valence-electron chi connectivity index (χ1n) is 8.18. The summed E-state index contributed by atoms with van der Waals surface area (Å²) in [7, 11) is 1.82. The second kappa shape index (κ2) is 6.99. The number of aryl methyl sites for hydroxylation is 1. The molecule has 26 heavy (non-hydrogen) atoms. The topological polar surface area (TPSA) is 76.2 Å². The van der Waals surface area contributed by atoms with E-state index in [2.05, 4.69) is 10.4 Å². The van der Waals surface area contributed by atoms with E-state index in [1.54, 1.807) is 15.8 Å². The van der Waals surface area contributed by atoms with Crippen molar-refractivity contribution in [2.24, 2.45) is 12.8 Å². The zero-order valence-electron chi connectivity index (χ0n) is 14.2. The van der Waals surface area contributed by atoms with Crippen LogP contribution in [0.5, 0.6) is 0 Å². The molecule has 1 aromatic heterocycles. The molecule has 1 fully saturated rings. The fourth-order valence-corrected chi connectivity index (χ4v) is 3.19. The minimum atomic E-state index is -4.42. The Hall–Kier alpha value is -2.55. The molecule has 2 atom stereocenters. The highest BCUT2D eigenvalue weighted by molar-refractivity contribution is 5.81. The maximum absolute atomic E-state index is 12.7. The summed E-state index contributed by atoms with van der Waals surface area (Å²) in [6.45, 7) is 0.773. The number of hydrogen-bond acceptors (Lipinski definition) is 4. The molecule has 0 radical (unpaired) electrons. The van der Waals surface area contributed by atoms with Crippen molar-refractivity contribution in [2.45, 2.75) is 18.1 Å². The fraction of sp³-hybridized carbons (Fsp3) is 0.412. The molecule has 0 aliphatic carbocycles. The van der Waals surface area contributed by atoms with Crippen molar-refractivity contribution in [1.82, 2.24) is 14.7 Å². The number of carbonyl (C=O) groups is 1. The van der Waals surface area contributed by atoms with Crippen LogP contribution in [0.1, 0.15) is 17.2 Å². The van der Waals surface area contributed by atoms with Gasteiger partial charge >= 0.3 is 6.18 Å². The first-order chi connectivity index (χ1) is 12.3. The molecule has 1 aliphatic heterocycles.